The van der Waals surface area contributed by atoms with E-state index in [1.165, 1.54) is 4.90 Å². The highest BCUT2D eigenvalue weighted by Crippen LogP contribution is 2.22. The van der Waals surface area contributed by atoms with E-state index in [-0.39, 0.29) is 24.9 Å². The van der Waals surface area contributed by atoms with Gasteiger partial charge in [0.1, 0.15) is 12.6 Å². The monoisotopic (exact) mass is 569 g/mol. The van der Waals surface area contributed by atoms with Crippen molar-refractivity contribution < 1.29 is 18.0 Å². The first kappa shape index (κ1) is 30.2. The zero-order valence-electron chi connectivity index (χ0n) is 22.8. The molecule has 2 amide bonds. The van der Waals surface area contributed by atoms with Crippen molar-refractivity contribution in [3.05, 3.63) is 101 Å². The lowest BCUT2D eigenvalue weighted by Crippen LogP contribution is -2.54. The van der Waals surface area contributed by atoms with Gasteiger partial charge in [-0.2, -0.15) is 0 Å². The second-order valence-corrected chi connectivity index (χ2v) is 12.1. The summed E-state index contributed by atoms with van der Waals surface area (Å²) in [6.07, 6.45) is 2.05. The fraction of sp³-hybridized carbons (Fsp3) is 0.333. The summed E-state index contributed by atoms with van der Waals surface area (Å²) in [6.45, 7) is 5.40. The van der Waals surface area contributed by atoms with Gasteiger partial charge in [-0.05, 0) is 55.7 Å². The zero-order chi connectivity index (χ0) is 28.6. The molecule has 0 spiro atoms. The molecule has 0 aromatic heterocycles. The summed E-state index contributed by atoms with van der Waals surface area (Å²) >= 11 is 6.23. The molecular weight excluding hydrogens is 534 g/mol. The van der Waals surface area contributed by atoms with Crippen molar-refractivity contribution in [1.82, 2.24) is 10.2 Å². The lowest BCUT2D eigenvalue weighted by atomic mass is 10.0. The summed E-state index contributed by atoms with van der Waals surface area (Å²) in [5, 5.41) is 3.51. The van der Waals surface area contributed by atoms with Crippen LogP contribution in [0, 0.1) is 6.92 Å². The first-order chi connectivity index (χ1) is 18.5. The second kappa shape index (κ2) is 13.6. The Morgan fingerprint density at radius 3 is 2.18 bits per heavy atom. The number of carbonyl (C=O) groups excluding carboxylic acids is 2. The number of carbonyl (C=O) groups is 2. The van der Waals surface area contributed by atoms with Gasteiger partial charge in [0.15, 0.2) is 0 Å². The number of amides is 2. The van der Waals surface area contributed by atoms with E-state index in [0.717, 1.165) is 33.7 Å². The Morgan fingerprint density at radius 2 is 1.59 bits per heavy atom. The number of anilines is 1. The Labute approximate surface area is 236 Å². The van der Waals surface area contributed by atoms with Gasteiger partial charge in [-0.15, -0.1) is 0 Å². The molecule has 3 aromatic carbocycles. The smallest absolute Gasteiger partial charge is 0.244 e. The molecule has 0 fully saturated rings. The van der Waals surface area contributed by atoms with Crippen LogP contribution in [-0.2, 0) is 32.6 Å². The number of hydrogen-bond acceptors (Lipinski definition) is 4. The van der Waals surface area contributed by atoms with Gasteiger partial charge < -0.3 is 10.2 Å². The largest absolute Gasteiger partial charge is 0.352 e. The van der Waals surface area contributed by atoms with Gasteiger partial charge in [0.2, 0.25) is 21.8 Å². The molecule has 0 saturated heterocycles. The van der Waals surface area contributed by atoms with Crippen LogP contribution < -0.4 is 9.62 Å². The number of halogens is 1. The van der Waals surface area contributed by atoms with Crippen molar-refractivity contribution in [2.45, 2.75) is 52.2 Å². The average Bonchev–Trinajstić information content (AvgIpc) is 2.89. The lowest BCUT2D eigenvalue weighted by Gasteiger charge is -2.34. The summed E-state index contributed by atoms with van der Waals surface area (Å²) in [5.74, 6) is -0.800. The summed E-state index contributed by atoms with van der Waals surface area (Å²) < 4.78 is 26.7. The highest BCUT2D eigenvalue weighted by Gasteiger charge is 2.33. The Balaban J connectivity index is 2.05. The van der Waals surface area contributed by atoms with E-state index < -0.39 is 28.5 Å². The normalized spacial score (nSPS) is 12.8. The number of sulfonamides is 1. The van der Waals surface area contributed by atoms with Gasteiger partial charge in [-0.1, -0.05) is 78.7 Å². The van der Waals surface area contributed by atoms with E-state index in [4.69, 9.17) is 11.6 Å². The molecule has 0 bridgehead atoms. The second-order valence-electron chi connectivity index (χ2n) is 9.78. The van der Waals surface area contributed by atoms with E-state index in [1.54, 1.807) is 42.5 Å². The van der Waals surface area contributed by atoms with Crippen LogP contribution in [0.3, 0.4) is 0 Å². The summed E-state index contributed by atoms with van der Waals surface area (Å²) in [7, 11) is -3.80. The predicted octanol–water partition coefficient (Wildman–Crippen LogP) is 4.97. The standard InChI is InChI=1S/C30H36ClN3O4S/c1-5-23(3)32-30(36)28(19-24-10-7-6-8-11-24)33(20-25-12-9-13-26(31)18-25)29(35)21-34(39(4,37)38)27-16-14-22(2)15-17-27/h6-18,23,28H,5,19-21H2,1-4H3,(H,32,36)/t23-,28-/m1/s1. The maximum atomic E-state index is 14.0. The molecule has 9 heteroatoms. The van der Waals surface area contributed by atoms with Crippen molar-refractivity contribution in [3.63, 3.8) is 0 Å². The van der Waals surface area contributed by atoms with Crippen LogP contribution >= 0.6 is 11.6 Å². The van der Waals surface area contributed by atoms with Crippen LogP contribution in [0.15, 0.2) is 78.9 Å². The van der Waals surface area contributed by atoms with Crippen molar-refractivity contribution in [1.29, 1.82) is 0 Å². The highest BCUT2D eigenvalue weighted by molar-refractivity contribution is 7.92. The number of nitrogens with one attached hydrogen (secondary N) is 1. The molecule has 39 heavy (non-hydrogen) atoms. The Kier molecular flexibility index (Phi) is 10.5. The summed E-state index contributed by atoms with van der Waals surface area (Å²) in [5.41, 5.74) is 2.95. The molecule has 7 nitrogen and oxygen atoms in total. The Bertz CT molecular complexity index is 1360. The summed E-state index contributed by atoms with van der Waals surface area (Å²) in [6, 6.07) is 22.5. The molecule has 0 saturated carbocycles. The number of hydrogen-bond donors (Lipinski definition) is 1. The first-order valence-electron chi connectivity index (χ1n) is 12.9. The average molecular weight is 570 g/mol. The van der Waals surface area contributed by atoms with Crippen molar-refractivity contribution in [2.75, 3.05) is 17.1 Å². The molecule has 0 heterocycles. The van der Waals surface area contributed by atoms with E-state index in [2.05, 4.69) is 5.32 Å². The number of nitrogens with zero attached hydrogens (tertiary/aromatic N) is 2. The van der Waals surface area contributed by atoms with Gasteiger partial charge in [-0.3, -0.25) is 13.9 Å². The number of aryl methyl sites for hydroxylation is 1. The van der Waals surface area contributed by atoms with Crippen molar-refractivity contribution >= 4 is 39.1 Å². The van der Waals surface area contributed by atoms with E-state index >= 15 is 0 Å². The third-order valence-corrected chi connectivity index (χ3v) is 7.89. The molecule has 0 radical (unpaired) electrons. The maximum absolute atomic E-state index is 14.0. The minimum Gasteiger partial charge on any atom is -0.352 e. The van der Waals surface area contributed by atoms with Gasteiger partial charge in [-0.25, -0.2) is 8.42 Å². The Morgan fingerprint density at radius 1 is 0.949 bits per heavy atom. The van der Waals surface area contributed by atoms with Crippen LogP contribution in [0.5, 0.6) is 0 Å². The Hall–Kier alpha value is -3.36. The van der Waals surface area contributed by atoms with Gasteiger partial charge in [0.05, 0.1) is 11.9 Å². The molecule has 0 unspecified atom stereocenters. The van der Waals surface area contributed by atoms with Crippen molar-refractivity contribution in [2.24, 2.45) is 0 Å². The first-order valence-corrected chi connectivity index (χ1v) is 15.1. The van der Waals surface area contributed by atoms with Gasteiger partial charge in [0, 0.05) is 24.0 Å². The molecule has 3 rings (SSSR count). The quantitative estimate of drug-likeness (QED) is 0.334. The van der Waals surface area contributed by atoms with Crippen LogP contribution in [0.4, 0.5) is 5.69 Å². The minimum absolute atomic E-state index is 0.0797. The van der Waals surface area contributed by atoms with Crippen molar-refractivity contribution in [3.8, 4) is 0 Å². The van der Waals surface area contributed by atoms with E-state index in [1.807, 2.05) is 57.2 Å². The molecule has 0 aliphatic carbocycles. The van der Waals surface area contributed by atoms with Crippen LogP contribution in [0.25, 0.3) is 0 Å². The fourth-order valence-corrected chi connectivity index (χ4v) is 5.21. The van der Waals surface area contributed by atoms with E-state index in [0.29, 0.717) is 10.7 Å². The minimum atomic E-state index is -3.80. The molecule has 208 valence electrons. The topological polar surface area (TPSA) is 86.8 Å². The third-order valence-electron chi connectivity index (χ3n) is 6.52. The van der Waals surface area contributed by atoms with Gasteiger partial charge >= 0.3 is 0 Å². The highest BCUT2D eigenvalue weighted by atomic mass is 35.5. The SMILES string of the molecule is CC[C@@H](C)NC(=O)[C@@H](Cc1ccccc1)N(Cc1cccc(Cl)c1)C(=O)CN(c1ccc(C)cc1)S(C)(=O)=O. The number of rotatable bonds is 12. The van der Waals surface area contributed by atoms with Crippen LogP contribution in [0.1, 0.15) is 37.0 Å². The van der Waals surface area contributed by atoms with Crippen LogP contribution in [0.2, 0.25) is 5.02 Å². The number of benzene rings is 3. The lowest BCUT2D eigenvalue weighted by molar-refractivity contribution is -0.140. The van der Waals surface area contributed by atoms with E-state index in [9.17, 15) is 18.0 Å². The molecule has 2 atom stereocenters. The molecule has 3 aromatic rings. The predicted molar refractivity (Wildman–Crippen MR) is 157 cm³/mol. The zero-order valence-corrected chi connectivity index (χ0v) is 24.4. The molecule has 1 N–H and O–H groups in total. The fourth-order valence-electron chi connectivity index (χ4n) is 4.15. The third kappa shape index (κ3) is 8.83. The molecule has 0 aliphatic rings. The summed E-state index contributed by atoms with van der Waals surface area (Å²) in [4.78, 5) is 29.1. The van der Waals surface area contributed by atoms with Crippen LogP contribution in [-0.4, -0.2) is 50.0 Å². The molecule has 0 aliphatic heterocycles. The molecular formula is C30H36ClN3O4S. The maximum Gasteiger partial charge on any atom is 0.244 e. The van der Waals surface area contributed by atoms with Gasteiger partial charge in [0.25, 0.3) is 0 Å².